The summed E-state index contributed by atoms with van der Waals surface area (Å²) in [5, 5.41) is 4.88. The van der Waals surface area contributed by atoms with Crippen molar-refractivity contribution in [3.05, 3.63) is 70.5 Å². The van der Waals surface area contributed by atoms with Crippen molar-refractivity contribution in [2.75, 3.05) is 6.54 Å². The van der Waals surface area contributed by atoms with Gasteiger partial charge in [-0.05, 0) is 36.6 Å². The van der Waals surface area contributed by atoms with Crippen LogP contribution in [-0.4, -0.2) is 29.2 Å². The van der Waals surface area contributed by atoms with Crippen LogP contribution in [0, 0.1) is 11.7 Å². The Morgan fingerprint density at radius 3 is 2.59 bits per heavy atom. The third-order valence-corrected chi connectivity index (χ3v) is 5.92. The summed E-state index contributed by atoms with van der Waals surface area (Å²) >= 11 is 5.96. The summed E-state index contributed by atoms with van der Waals surface area (Å²) in [4.78, 5) is 20.5. The van der Waals surface area contributed by atoms with Gasteiger partial charge in [-0.15, -0.1) is 0 Å². The van der Waals surface area contributed by atoms with E-state index in [0.717, 1.165) is 37.0 Å². The monoisotopic (exact) mass is 414 g/mol. The lowest BCUT2D eigenvalue weighted by atomic mass is 10.0. The summed E-state index contributed by atoms with van der Waals surface area (Å²) in [6, 6.07) is 14.1. The molecule has 1 fully saturated rings. The maximum absolute atomic E-state index is 14.2. The van der Waals surface area contributed by atoms with Gasteiger partial charge in [-0.2, -0.15) is 0 Å². The summed E-state index contributed by atoms with van der Waals surface area (Å²) in [6.45, 7) is 0.641. The topological polar surface area (TPSA) is 41.9 Å². The number of nitrogens with zero attached hydrogens (tertiary/aromatic N) is 2. The third-order valence-electron chi connectivity index (χ3n) is 5.67. The van der Waals surface area contributed by atoms with Crippen LogP contribution in [0.15, 0.2) is 53.7 Å². The Balaban J connectivity index is 1.46. The largest absolute Gasteiger partial charge is 0.390 e. The lowest BCUT2D eigenvalue weighted by Crippen LogP contribution is -2.40. The van der Waals surface area contributed by atoms with E-state index in [-0.39, 0.29) is 30.3 Å². The molecule has 2 aromatic carbocycles. The van der Waals surface area contributed by atoms with Gasteiger partial charge in [0.15, 0.2) is 6.10 Å². The van der Waals surface area contributed by atoms with E-state index in [4.69, 9.17) is 16.4 Å². The van der Waals surface area contributed by atoms with Gasteiger partial charge in [-0.1, -0.05) is 59.9 Å². The smallest absolute Gasteiger partial charge is 0.226 e. The summed E-state index contributed by atoms with van der Waals surface area (Å²) in [5.74, 6) is -0.170. The molecule has 0 radical (unpaired) electrons. The summed E-state index contributed by atoms with van der Waals surface area (Å²) in [5.41, 5.74) is 2.32. The van der Waals surface area contributed by atoms with E-state index < -0.39 is 0 Å². The molecule has 4 nitrogen and oxygen atoms in total. The van der Waals surface area contributed by atoms with Crippen LogP contribution in [0.1, 0.15) is 43.2 Å². The first-order valence-corrected chi connectivity index (χ1v) is 10.5. The van der Waals surface area contributed by atoms with Gasteiger partial charge in [0, 0.05) is 29.5 Å². The number of hydrogen-bond acceptors (Lipinski definition) is 3. The molecule has 1 heterocycles. The fourth-order valence-corrected chi connectivity index (χ4v) is 4.21. The average molecular weight is 415 g/mol. The zero-order chi connectivity index (χ0) is 20.2. The first-order valence-electron chi connectivity index (χ1n) is 10.1. The molecule has 29 heavy (non-hydrogen) atoms. The van der Waals surface area contributed by atoms with Gasteiger partial charge in [-0.3, -0.25) is 4.79 Å². The molecule has 0 unspecified atom stereocenters. The Morgan fingerprint density at radius 2 is 1.86 bits per heavy atom. The van der Waals surface area contributed by atoms with E-state index in [1.807, 2.05) is 24.3 Å². The van der Waals surface area contributed by atoms with Crippen LogP contribution in [0.5, 0.6) is 0 Å². The standard InChI is InChI=1S/C23H24ClFN2O2/c24-19-11-9-16(10-12-19)22-13-20(29-26-22)15-27(23(28)17-5-1-2-6-17)14-18-7-3-4-8-21(18)25/h3-4,7-12,17,20H,1-2,5-6,13-15H2/t20-/m0/s1. The second-order valence-corrected chi connectivity index (χ2v) is 8.20. The van der Waals surface area contributed by atoms with Crippen molar-refractivity contribution in [2.24, 2.45) is 11.1 Å². The Labute approximate surface area is 175 Å². The van der Waals surface area contributed by atoms with E-state index >= 15 is 0 Å². The summed E-state index contributed by atoms with van der Waals surface area (Å²) in [6.07, 6.45) is 4.34. The van der Waals surface area contributed by atoms with Crippen LogP contribution in [0.4, 0.5) is 4.39 Å². The predicted molar refractivity (Wildman–Crippen MR) is 111 cm³/mol. The highest BCUT2D eigenvalue weighted by molar-refractivity contribution is 6.30. The number of oxime groups is 1. The van der Waals surface area contributed by atoms with Crippen molar-refractivity contribution < 1.29 is 14.0 Å². The van der Waals surface area contributed by atoms with Gasteiger partial charge in [0.2, 0.25) is 5.91 Å². The Hall–Kier alpha value is -2.40. The molecule has 1 atom stereocenters. The van der Waals surface area contributed by atoms with Gasteiger partial charge in [0.05, 0.1) is 12.3 Å². The molecule has 1 aliphatic heterocycles. The van der Waals surface area contributed by atoms with Gasteiger partial charge in [-0.25, -0.2) is 4.39 Å². The Morgan fingerprint density at radius 1 is 1.14 bits per heavy atom. The summed E-state index contributed by atoms with van der Waals surface area (Å²) in [7, 11) is 0. The molecule has 0 bridgehead atoms. The lowest BCUT2D eigenvalue weighted by Gasteiger charge is -2.27. The molecule has 1 amide bonds. The molecule has 6 heteroatoms. The van der Waals surface area contributed by atoms with Crippen molar-refractivity contribution in [1.29, 1.82) is 0 Å². The number of hydrogen-bond donors (Lipinski definition) is 0. The molecule has 152 valence electrons. The number of halogens is 2. The van der Waals surface area contributed by atoms with Crippen LogP contribution in [0.25, 0.3) is 0 Å². The molecule has 4 rings (SSSR count). The van der Waals surface area contributed by atoms with Gasteiger partial charge >= 0.3 is 0 Å². The zero-order valence-corrected chi connectivity index (χ0v) is 16.9. The van der Waals surface area contributed by atoms with E-state index in [1.165, 1.54) is 6.07 Å². The molecule has 2 aromatic rings. The lowest BCUT2D eigenvalue weighted by molar-refractivity contribution is -0.137. The molecular formula is C23H24ClFN2O2. The third kappa shape index (κ3) is 4.78. The number of amides is 1. The van der Waals surface area contributed by atoms with Gasteiger partial charge < -0.3 is 9.74 Å². The molecule has 0 saturated heterocycles. The average Bonchev–Trinajstić information content (AvgIpc) is 3.41. The van der Waals surface area contributed by atoms with Crippen LogP contribution < -0.4 is 0 Å². The fourth-order valence-electron chi connectivity index (χ4n) is 4.08. The van der Waals surface area contributed by atoms with Crippen LogP contribution in [0.2, 0.25) is 5.02 Å². The van der Waals surface area contributed by atoms with Crippen LogP contribution >= 0.6 is 11.6 Å². The minimum absolute atomic E-state index is 0.0276. The maximum atomic E-state index is 14.2. The van der Waals surface area contributed by atoms with Gasteiger partial charge in [0.1, 0.15) is 5.82 Å². The highest BCUT2D eigenvalue weighted by atomic mass is 35.5. The second-order valence-electron chi connectivity index (χ2n) is 7.77. The highest BCUT2D eigenvalue weighted by Crippen LogP contribution is 2.28. The fraction of sp³-hybridized carbons (Fsp3) is 0.391. The number of carbonyl (C=O) groups is 1. The minimum atomic E-state index is -0.290. The molecule has 0 spiro atoms. The predicted octanol–water partition coefficient (Wildman–Crippen LogP) is 5.19. The van der Waals surface area contributed by atoms with Crippen molar-refractivity contribution in [2.45, 2.75) is 44.8 Å². The van der Waals surface area contributed by atoms with E-state index in [2.05, 4.69) is 5.16 Å². The molecule has 0 aromatic heterocycles. The number of carbonyl (C=O) groups excluding carboxylic acids is 1. The molecule has 1 saturated carbocycles. The van der Waals surface area contributed by atoms with Crippen molar-refractivity contribution in [3.8, 4) is 0 Å². The normalized spacial score (nSPS) is 19.1. The van der Waals surface area contributed by atoms with Crippen molar-refractivity contribution in [3.63, 3.8) is 0 Å². The molecular weight excluding hydrogens is 391 g/mol. The van der Waals surface area contributed by atoms with Crippen LogP contribution in [0.3, 0.4) is 0 Å². The second kappa shape index (κ2) is 8.95. The van der Waals surface area contributed by atoms with Gasteiger partial charge in [0.25, 0.3) is 0 Å². The van der Waals surface area contributed by atoms with E-state index in [0.29, 0.717) is 23.6 Å². The minimum Gasteiger partial charge on any atom is -0.390 e. The van der Waals surface area contributed by atoms with E-state index in [1.54, 1.807) is 23.1 Å². The van der Waals surface area contributed by atoms with Crippen LogP contribution in [-0.2, 0) is 16.2 Å². The first-order chi connectivity index (χ1) is 14.1. The Bertz CT molecular complexity index is 894. The maximum Gasteiger partial charge on any atom is 0.226 e. The molecule has 0 N–H and O–H groups in total. The quantitative estimate of drug-likeness (QED) is 0.652. The van der Waals surface area contributed by atoms with Crippen molar-refractivity contribution >= 4 is 23.2 Å². The zero-order valence-electron chi connectivity index (χ0n) is 16.2. The number of rotatable bonds is 6. The SMILES string of the molecule is O=C(C1CCCC1)N(Cc1ccccc1F)C[C@@H]1CC(c2ccc(Cl)cc2)=NO1. The summed E-state index contributed by atoms with van der Waals surface area (Å²) < 4.78 is 14.2. The van der Waals surface area contributed by atoms with Crippen molar-refractivity contribution in [1.82, 2.24) is 4.90 Å². The molecule has 2 aliphatic rings. The Kier molecular flexibility index (Phi) is 6.14. The van der Waals surface area contributed by atoms with E-state index in [9.17, 15) is 9.18 Å². The highest BCUT2D eigenvalue weighted by Gasteiger charge is 2.32. The number of benzene rings is 2. The molecule has 1 aliphatic carbocycles. The first kappa shape index (κ1) is 19.9.